The van der Waals surface area contributed by atoms with Crippen molar-refractivity contribution in [1.29, 1.82) is 5.26 Å². The van der Waals surface area contributed by atoms with Gasteiger partial charge in [0.1, 0.15) is 6.33 Å². The van der Waals surface area contributed by atoms with Crippen LogP contribution in [-0.2, 0) is 16.6 Å². The van der Waals surface area contributed by atoms with Gasteiger partial charge in [-0.25, -0.2) is 13.4 Å². The molecule has 1 aliphatic rings. The molecule has 0 aliphatic carbocycles. The first-order valence-electron chi connectivity index (χ1n) is 10.1. The molecule has 4 rings (SSSR count). The van der Waals surface area contributed by atoms with E-state index >= 15 is 0 Å². The van der Waals surface area contributed by atoms with E-state index in [1.165, 1.54) is 18.0 Å². The molecule has 0 unspecified atom stereocenters. The quantitative estimate of drug-likeness (QED) is 0.601. The zero-order valence-corrected chi connectivity index (χ0v) is 18.7. The van der Waals surface area contributed by atoms with E-state index in [4.69, 9.17) is 0 Å². The molecule has 1 saturated heterocycles. The molecule has 9 heteroatoms. The minimum absolute atomic E-state index is 0.0369. The van der Waals surface area contributed by atoms with Gasteiger partial charge in [-0.15, -0.1) is 0 Å². The van der Waals surface area contributed by atoms with Crippen LogP contribution < -0.4 is 4.72 Å². The van der Waals surface area contributed by atoms with Crippen molar-refractivity contribution in [2.24, 2.45) is 5.92 Å². The van der Waals surface area contributed by atoms with Crippen molar-refractivity contribution in [3.63, 3.8) is 0 Å². The van der Waals surface area contributed by atoms with Crippen LogP contribution in [0, 0.1) is 17.2 Å². The van der Waals surface area contributed by atoms with Gasteiger partial charge in [-0.3, -0.25) is 9.62 Å². The molecule has 0 saturated carbocycles. The number of nitriles is 1. The lowest BCUT2D eigenvalue weighted by atomic mass is 9.88. The van der Waals surface area contributed by atoms with Crippen LogP contribution >= 0.6 is 11.5 Å². The molecule has 2 aromatic carbocycles. The summed E-state index contributed by atoms with van der Waals surface area (Å²) < 4.78 is 31.5. The fourth-order valence-corrected chi connectivity index (χ4v) is 5.66. The second-order valence-electron chi connectivity index (χ2n) is 7.81. The Labute approximate surface area is 186 Å². The van der Waals surface area contributed by atoms with Crippen molar-refractivity contribution in [1.82, 2.24) is 14.3 Å². The van der Waals surface area contributed by atoms with Crippen LogP contribution in [0.3, 0.4) is 0 Å². The number of aromatic nitrogens is 2. The fraction of sp³-hybridized carbons (Fsp3) is 0.318. The Balaban J connectivity index is 1.59. The Morgan fingerprint density at radius 2 is 2.06 bits per heavy atom. The van der Waals surface area contributed by atoms with E-state index in [9.17, 15) is 13.7 Å². The summed E-state index contributed by atoms with van der Waals surface area (Å²) >= 11 is 0.956. The fourth-order valence-electron chi connectivity index (χ4n) is 3.98. The Hall–Kier alpha value is -2.80. The average molecular weight is 454 g/mol. The topological polar surface area (TPSA) is 99.0 Å². The maximum Gasteiger partial charge on any atom is 0.263 e. The molecule has 2 atom stereocenters. The molecular formula is C22H23N5O2S2. The first-order chi connectivity index (χ1) is 15.0. The molecule has 7 nitrogen and oxygen atoms in total. The Morgan fingerprint density at radius 3 is 2.77 bits per heavy atom. The van der Waals surface area contributed by atoms with Crippen LogP contribution in [0.1, 0.15) is 42.5 Å². The molecule has 1 aliphatic heterocycles. The molecule has 1 aromatic heterocycles. The van der Waals surface area contributed by atoms with Gasteiger partial charge >= 0.3 is 0 Å². The van der Waals surface area contributed by atoms with E-state index in [2.05, 4.69) is 56.2 Å². The summed E-state index contributed by atoms with van der Waals surface area (Å²) in [5.74, 6) is 0.635. The molecule has 31 heavy (non-hydrogen) atoms. The number of nitrogens with zero attached hydrogens (tertiary/aromatic N) is 4. The molecule has 0 spiro atoms. The molecular weight excluding hydrogens is 430 g/mol. The summed E-state index contributed by atoms with van der Waals surface area (Å²) in [5, 5.41) is 9.91. The molecule has 3 aromatic rings. The first kappa shape index (κ1) is 21.4. The number of anilines is 1. The number of likely N-dealkylation sites (tertiary alicyclic amines) is 1. The highest BCUT2D eigenvalue weighted by molar-refractivity contribution is 7.93. The van der Waals surface area contributed by atoms with E-state index in [0.29, 0.717) is 18.0 Å². The van der Waals surface area contributed by atoms with Gasteiger partial charge in [0.25, 0.3) is 10.0 Å². The second kappa shape index (κ2) is 9.14. The van der Waals surface area contributed by atoms with Crippen LogP contribution in [0.5, 0.6) is 0 Å². The van der Waals surface area contributed by atoms with Gasteiger partial charge in [-0.1, -0.05) is 43.3 Å². The van der Waals surface area contributed by atoms with Crippen LogP contribution in [0.15, 0.2) is 59.8 Å². The predicted molar refractivity (Wildman–Crippen MR) is 120 cm³/mol. The summed E-state index contributed by atoms with van der Waals surface area (Å²) in [6, 6.07) is 17.6. The van der Waals surface area contributed by atoms with E-state index < -0.39 is 10.0 Å². The Kier molecular flexibility index (Phi) is 6.32. The number of hydrogen-bond donors (Lipinski definition) is 1. The summed E-state index contributed by atoms with van der Waals surface area (Å²) in [4.78, 5) is 6.28. The SMILES string of the molecule is C[C@@H]1CCN(Cc2ccc(S(=O)(=O)Nc3ncns3)cc2C#N)[C@H](c2ccccc2)C1. The van der Waals surface area contributed by atoms with Gasteiger partial charge in [0.05, 0.1) is 16.5 Å². The maximum absolute atomic E-state index is 12.7. The molecule has 0 radical (unpaired) electrons. The van der Waals surface area contributed by atoms with Crippen molar-refractivity contribution < 1.29 is 8.42 Å². The summed E-state index contributed by atoms with van der Waals surface area (Å²) in [6.07, 6.45) is 3.45. The minimum Gasteiger partial charge on any atom is -0.292 e. The average Bonchev–Trinajstić information content (AvgIpc) is 3.28. The van der Waals surface area contributed by atoms with Gasteiger partial charge in [0.2, 0.25) is 5.13 Å². The molecule has 0 amide bonds. The van der Waals surface area contributed by atoms with Crippen LogP contribution in [0.25, 0.3) is 0 Å². The highest BCUT2D eigenvalue weighted by atomic mass is 32.2. The standard InChI is InChI=1S/C22H23N5O2S2/c1-16-9-10-27(21(11-16)17-5-3-2-4-6-17)14-18-7-8-20(12-19(18)13-23)31(28,29)26-22-24-15-25-30-22/h2-8,12,15-16,21H,9-11,14H2,1H3,(H,24,25,26)/t16-,21+/m1/s1. The maximum atomic E-state index is 12.7. The third-order valence-corrected chi connectivity index (χ3v) is 7.67. The minimum atomic E-state index is -3.83. The zero-order chi connectivity index (χ0) is 21.8. The molecule has 2 heterocycles. The number of rotatable bonds is 6. The van der Waals surface area contributed by atoms with Gasteiger partial charge in [-0.2, -0.15) is 9.64 Å². The Morgan fingerprint density at radius 1 is 1.26 bits per heavy atom. The lowest BCUT2D eigenvalue weighted by Crippen LogP contribution is -2.36. The van der Waals surface area contributed by atoms with Gasteiger partial charge in [-0.05, 0) is 48.6 Å². The smallest absolute Gasteiger partial charge is 0.263 e. The number of hydrogen-bond acceptors (Lipinski definition) is 7. The normalized spacial score (nSPS) is 19.6. The summed E-state index contributed by atoms with van der Waals surface area (Å²) in [5.41, 5.74) is 2.46. The number of benzene rings is 2. The monoisotopic (exact) mass is 453 g/mol. The van der Waals surface area contributed by atoms with E-state index in [1.54, 1.807) is 12.1 Å². The van der Waals surface area contributed by atoms with Gasteiger partial charge < -0.3 is 0 Å². The third-order valence-electron chi connectivity index (χ3n) is 5.63. The van der Waals surface area contributed by atoms with Gasteiger partial charge in [0.15, 0.2) is 0 Å². The van der Waals surface area contributed by atoms with E-state index in [1.807, 2.05) is 6.07 Å². The Bertz CT molecular complexity index is 1170. The summed E-state index contributed by atoms with van der Waals surface area (Å²) in [7, 11) is -3.83. The van der Waals surface area contributed by atoms with E-state index in [-0.39, 0.29) is 16.1 Å². The number of nitrogens with one attached hydrogen (secondary N) is 1. The largest absolute Gasteiger partial charge is 0.292 e. The lowest BCUT2D eigenvalue weighted by Gasteiger charge is -2.39. The van der Waals surface area contributed by atoms with E-state index in [0.717, 1.165) is 36.5 Å². The first-order valence-corrected chi connectivity index (χ1v) is 12.3. The van der Waals surface area contributed by atoms with Crippen LogP contribution in [0.2, 0.25) is 0 Å². The molecule has 160 valence electrons. The predicted octanol–water partition coefficient (Wildman–Crippen LogP) is 4.18. The number of piperidine rings is 1. The van der Waals surface area contributed by atoms with Gasteiger partial charge in [0, 0.05) is 24.1 Å². The molecule has 1 fully saturated rings. The molecule has 1 N–H and O–H groups in total. The zero-order valence-electron chi connectivity index (χ0n) is 17.1. The third kappa shape index (κ3) is 4.93. The van der Waals surface area contributed by atoms with Crippen molar-refractivity contribution in [2.45, 2.75) is 37.2 Å². The van der Waals surface area contributed by atoms with Crippen LogP contribution in [-0.4, -0.2) is 29.2 Å². The number of sulfonamides is 1. The summed E-state index contributed by atoms with van der Waals surface area (Å²) in [6.45, 7) is 3.81. The van der Waals surface area contributed by atoms with Crippen molar-refractivity contribution in [3.05, 3.63) is 71.5 Å². The van der Waals surface area contributed by atoms with Crippen molar-refractivity contribution in [2.75, 3.05) is 11.3 Å². The highest BCUT2D eigenvalue weighted by Crippen LogP contribution is 2.35. The molecule has 0 bridgehead atoms. The highest BCUT2D eigenvalue weighted by Gasteiger charge is 2.28. The second-order valence-corrected chi connectivity index (χ2v) is 10.3. The van der Waals surface area contributed by atoms with Crippen molar-refractivity contribution >= 4 is 26.7 Å². The van der Waals surface area contributed by atoms with Crippen LogP contribution in [0.4, 0.5) is 5.13 Å². The van der Waals surface area contributed by atoms with Crippen molar-refractivity contribution in [3.8, 4) is 6.07 Å². The lowest BCUT2D eigenvalue weighted by molar-refractivity contribution is 0.110.